The van der Waals surface area contributed by atoms with Crippen molar-refractivity contribution in [3.8, 4) is 5.75 Å². The molecule has 1 aromatic heterocycles. The van der Waals surface area contributed by atoms with E-state index in [0.717, 1.165) is 12.1 Å². The Balaban J connectivity index is 2.15. The molecular formula is C13H11FN2O4. The first kappa shape index (κ1) is 13.7. The predicted molar refractivity (Wildman–Crippen MR) is 68.3 cm³/mol. The second-order valence-corrected chi connectivity index (χ2v) is 4.12. The van der Waals surface area contributed by atoms with Gasteiger partial charge in [0.05, 0.1) is 4.92 Å². The molecule has 2 rings (SSSR count). The van der Waals surface area contributed by atoms with Crippen molar-refractivity contribution >= 4 is 11.5 Å². The van der Waals surface area contributed by atoms with Gasteiger partial charge in [-0.25, -0.2) is 4.39 Å². The Morgan fingerprint density at radius 2 is 2.20 bits per heavy atom. The van der Waals surface area contributed by atoms with Crippen LogP contribution in [-0.2, 0) is 7.05 Å². The smallest absolute Gasteiger partial charge is 0.314 e. The molecule has 0 N–H and O–H groups in total. The van der Waals surface area contributed by atoms with Crippen LogP contribution in [0.1, 0.15) is 10.4 Å². The van der Waals surface area contributed by atoms with Gasteiger partial charge in [-0.15, -0.1) is 0 Å². The molecule has 0 aliphatic carbocycles. The van der Waals surface area contributed by atoms with Crippen LogP contribution in [-0.4, -0.2) is 21.9 Å². The number of halogens is 1. The van der Waals surface area contributed by atoms with Gasteiger partial charge in [0.1, 0.15) is 0 Å². The molecule has 0 bridgehead atoms. The summed E-state index contributed by atoms with van der Waals surface area (Å²) in [6.07, 6.45) is 3.26. The highest BCUT2D eigenvalue weighted by Crippen LogP contribution is 2.29. The number of nitro groups is 1. The zero-order chi connectivity index (χ0) is 14.7. The molecule has 1 aromatic carbocycles. The number of para-hydroxylation sites is 1. The Bertz CT molecular complexity index is 666. The lowest BCUT2D eigenvalue weighted by Gasteiger charge is -2.06. The van der Waals surface area contributed by atoms with Crippen molar-refractivity contribution in [2.24, 2.45) is 7.05 Å². The summed E-state index contributed by atoms with van der Waals surface area (Å²) in [6.45, 7) is -0.466. The number of rotatable bonds is 5. The van der Waals surface area contributed by atoms with Crippen molar-refractivity contribution in [2.45, 2.75) is 0 Å². The van der Waals surface area contributed by atoms with Gasteiger partial charge in [-0.2, -0.15) is 0 Å². The number of ether oxygens (including phenoxy) is 1. The molecule has 104 valence electrons. The third-order valence-electron chi connectivity index (χ3n) is 2.64. The average Bonchev–Trinajstić information content (AvgIpc) is 2.83. The third kappa shape index (κ3) is 2.82. The lowest BCUT2D eigenvalue weighted by Crippen LogP contribution is -2.12. The molecular weight excluding hydrogens is 267 g/mol. The number of carbonyl (C=O) groups is 1. The van der Waals surface area contributed by atoms with Gasteiger partial charge in [-0.3, -0.25) is 14.9 Å². The third-order valence-corrected chi connectivity index (χ3v) is 2.64. The van der Waals surface area contributed by atoms with E-state index in [1.807, 2.05) is 0 Å². The zero-order valence-corrected chi connectivity index (χ0v) is 10.6. The minimum absolute atomic E-state index is 0.386. The molecule has 0 saturated heterocycles. The topological polar surface area (TPSA) is 74.4 Å². The Morgan fingerprint density at radius 3 is 2.80 bits per heavy atom. The summed E-state index contributed by atoms with van der Waals surface area (Å²) in [4.78, 5) is 21.8. The molecule has 0 fully saturated rings. The second-order valence-electron chi connectivity index (χ2n) is 4.12. The van der Waals surface area contributed by atoms with E-state index in [1.54, 1.807) is 30.1 Å². The van der Waals surface area contributed by atoms with Crippen LogP contribution in [0.2, 0.25) is 0 Å². The molecule has 6 nitrogen and oxygen atoms in total. The Hall–Kier alpha value is -2.70. The van der Waals surface area contributed by atoms with Gasteiger partial charge in [-0.05, 0) is 12.1 Å². The van der Waals surface area contributed by atoms with Crippen molar-refractivity contribution in [3.05, 3.63) is 58.2 Å². The lowest BCUT2D eigenvalue weighted by molar-refractivity contribution is -0.386. The maximum Gasteiger partial charge on any atom is 0.314 e. The van der Waals surface area contributed by atoms with Crippen LogP contribution in [0.5, 0.6) is 5.75 Å². The van der Waals surface area contributed by atoms with Gasteiger partial charge >= 0.3 is 5.69 Å². The first-order valence-electron chi connectivity index (χ1n) is 5.70. The fourth-order valence-electron chi connectivity index (χ4n) is 1.67. The van der Waals surface area contributed by atoms with Gasteiger partial charge in [-0.1, -0.05) is 6.07 Å². The molecule has 0 aliphatic heterocycles. The minimum atomic E-state index is -0.875. The number of Topliss-reactive ketones (excluding diaryl/α,β-unsaturated/α-hetero) is 1. The molecule has 0 amide bonds. The molecule has 1 heterocycles. The van der Waals surface area contributed by atoms with Crippen LogP contribution in [0, 0.1) is 15.9 Å². The van der Waals surface area contributed by atoms with Crippen molar-refractivity contribution in [1.29, 1.82) is 0 Å². The van der Waals surface area contributed by atoms with Gasteiger partial charge < -0.3 is 9.30 Å². The van der Waals surface area contributed by atoms with Crippen LogP contribution >= 0.6 is 0 Å². The summed E-state index contributed by atoms with van der Waals surface area (Å²) in [5.41, 5.74) is -0.114. The van der Waals surface area contributed by atoms with Crippen molar-refractivity contribution < 1.29 is 18.8 Å². The number of aromatic nitrogens is 1. The molecule has 7 heteroatoms. The number of ketones is 1. The van der Waals surface area contributed by atoms with E-state index in [-0.39, 0.29) is 5.78 Å². The summed E-state index contributed by atoms with van der Waals surface area (Å²) in [7, 11) is 1.75. The molecule has 0 unspecified atom stereocenters. The van der Waals surface area contributed by atoms with Crippen molar-refractivity contribution in [3.63, 3.8) is 0 Å². The Labute approximate surface area is 113 Å². The minimum Gasteiger partial charge on any atom is -0.476 e. The summed E-state index contributed by atoms with van der Waals surface area (Å²) in [5, 5.41) is 10.8. The quantitative estimate of drug-likeness (QED) is 0.478. The first-order valence-corrected chi connectivity index (χ1v) is 5.70. The highest BCUT2D eigenvalue weighted by molar-refractivity contribution is 5.97. The molecule has 20 heavy (non-hydrogen) atoms. The van der Waals surface area contributed by atoms with Crippen LogP contribution in [0.4, 0.5) is 10.1 Å². The van der Waals surface area contributed by atoms with E-state index >= 15 is 0 Å². The number of hydrogen-bond donors (Lipinski definition) is 0. The Kier molecular flexibility index (Phi) is 3.79. The summed E-state index contributed by atoms with van der Waals surface area (Å²) in [6, 6.07) is 4.95. The molecule has 0 radical (unpaired) electrons. The highest BCUT2D eigenvalue weighted by Gasteiger charge is 2.20. The monoisotopic (exact) mass is 278 g/mol. The summed E-state index contributed by atoms with van der Waals surface area (Å²) >= 11 is 0. The Morgan fingerprint density at radius 1 is 1.45 bits per heavy atom. The number of nitro benzene ring substituents is 1. The molecule has 2 aromatic rings. The second kappa shape index (κ2) is 5.52. The van der Waals surface area contributed by atoms with Crippen molar-refractivity contribution in [1.82, 2.24) is 4.57 Å². The van der Waals surface area contributed by atoms with Crippen molar-refractivity contribution in [2.75, 3.05) is 6.61 Å². The fraction of sp³-hybridized carbons (Fsp3) is 0.154. The van der Waals surface area contributed by atoms with E-state index < -0.39 is 28.8 Å². The van der Waals surface area contributed by atoms with E-state index in [1.165, 1.54) is 6.07 Å². The largest absolute Gasteiger partial charge is 0.476 e. The van der Waals surface area contributed by atoms with Gasteiger partial charge in [0.25, 0.3) is 0 Å². The number of benzene rings is 1. The number of aryl methyl sites for hydroxylation is 1. The van der Waals surface area contributed by atoms with Crippen LogP contribution in [0.3, 0.4) is 0 Å². The molecule has 0 saturated carbocycles. The van der Waals surface area contributed by atoms with E-state index in [0.29, 0.717) is 5.56 Å². The standard InChI is InChI=1S/C13H11FN2O4/c1-15-6-5-9(7-15)12(17)8-20-13-10(14)3-2-4-11(13)16(18)19/h2-7H,8H2,1H3. The normalized spacial score (nSPS) is 10.3. The highest BCUT2D eigenvalue weighted by atomic mass is 19.1. The van der Waals surface area contributed by atoms with Crippen LogP contribution in [0.15, 0.2) is 36.7 Å². The van der Waals surface area contributed by atoms with Crippen LogP contribution in [0.25, 0.3) is 0 Å². The van der Waals surface area contributed by atoms with Gasteiger partial charge in [0.15, 0.2) is 12.4 Å². The zero-order valence-electron chi connectivity index (χ0n) is 10.6. The maximum absolute atomic E-state index is 13.5. The van der Waals surface area contributed by atoms with E-state index in [9.17, 15) is 19.3 Å². The summed E-state index contributed by atoms with van der Waals surface area (Å²) in [5.74, 6) is -1.79. The summed E-state index contributed by atoms with van der Waals surface area (Å²) < 4.78 is 20.2. The van der Waals surface area contributed by atoms with Gasteiger partial charge in [0, 0.05) is 31.1 Å². The average molecular weight is 278 g/mol. The SMILES string of the molecule is Cn1ccc(C(=O)COc2c(F)cccc2[N+](=O)[O-])c1. The number of nitrogens with zero attached hydrogens (tertiary/aromatic N) is 2. The first-order chi connectivity index (χ1) is 9.49. The fourth-order valence-corrected chi connectivity index (χ4v) is 1.67. The molecule has 0 spiro atoms. The van der Waals surface area contributed by atoms with E-state index in [2.05, 4.69) is 0 Å². The predicted octanol–water partition coefficient (Wildman–Crippen LogP) is 2.33. The maximum atomic E-state index is 13.5. The molecule has 0 aliphatic rings. The number of hydrogen-bond acceptors (Lipinski definition) is 4. The molecule has 0 atom stereocenters. The van der Waals surface area contributed by atoms with E-state index in [4.69, 9.17) is 4.74 Å². The number of carbonyl (C=O) groups excluding carboxylic acids is 1. The van der Waals surface area contributed by atoms with Crippen LogP contribution < -0.4 is 4.74 Å². The lowest BCUT2D eigenvalue weighted by atomic mass is 10.2. The van der Waals surface area contributed by atoms with Gasteiger partial charge in [0.2, 0.25) is 11.5 Å².